The summed E-state index contributed by atoms with van der Waals surface area (Å²) in [5.41, 5.74) is 1.02. The normalized spacial score (nSPS) is 27.4. The van der Waals surface area contributed by atoms with Gasteiger partial charge in [-0.25, -0.2) is 4.39 Å². The van der Waals surface area contributed by atoms with Crippen molar-refractivity contribution in [2.24, 2.45) is 5.92 Å². The Balaban J connectivity index is 2.24. The fraction of sp³-hybridized carbons (Fsp3) is 0.600. The second kappa shape index (κ2) is 5.70. The van der Waals surface area contributed by atoms with E-state index >= 15 is 0 Å². The Bertz CT molecular complexity index is 407. The van der Waals surface area contributed by atoms with Gasteiger partial charge in [-0.3, -0.25) is 0 Å². The number of halogens is 1. The molecule has 18 heavy (non-hydrogen) atoms. The minimum Gasteiger partial charge on any atom is -0.496 e. The van der Waals surface area contributed by atoms with Gasteiger partial charge in [-0.05, 0) is 49.4 Å². The van der Waals surface area contributed by atoms with Crippen molar-refractivity contribution in [3.63, 3.8) is 0 Å². The number of hydrogen-bond donors (Lipinski definition) is 1. The first-order valence-electron chi connectivity index (χ1n) is 6.74. The highest BCUT2D eigenvalue weighted by molar-refractivity contribution is 5.38. The average molecular weight is 251 g/mol. The summed E-state index contributed by atoms with van der Waals surface area (Å²) in [5, 5.41) is 3.51. The van der Waals surface area contributed by atoms with Crippen LogP contribution in [0.2, 0.25) is 0 Å². The molecule has 2 nitrogen and oxygen atoms in total. The molecule has 1 N–H and O–H groups in total. The Hall–Kier alpha value is -1.09. The lowest BCUT2D eigenvalue weighted by Crippen LogP contribution is -2.32. The predicted octanol–water partition coefficient (Wildman–Crippen LogP) is 3.33. The summed E-state index contributed by atoms with van der Waals surface area (Å²) >= 11 is 0. The van der Waals surface area contributed by atoms with Gasteiger partial charge in [-0.2, -0.15) is 0 Å². The SMILES string of the molecule is CCNC1CCC(c2cc(F)ccc2OC)C1C. The van der Waals surface area contributed by atoms with E-state index in [1.807, 2.05) is 0 Å². The minimum absolute atomic E-state index is 0.176. The molecule has 1 aliphatic rings. The van der Waals surface area contributed by atoms with Crippen LogP contribution in [0.4, 0.5) is 4.39 Å². The van der Waals surface area contributed by atoms with E-state index in [0.717, 1.165) is 30.7 Å². The number of hydrogen-bond acceptors (Lipinski definition) is 2. The van der Waals surface area contributed by atoms with Crippen LogP contribution in [0.1, 0.15) is 38.2 Å². The van der Waals surface area contributed by atoms with Crippen molar-refractivity contribution in [3.05, 3.63) is 29.6 Å². The average Bonchev–Trinajstić information content (AvgIpc) is 2.72. The molecule has 0 aromatic heterocycles. The summed E-state index contributed by atoms with van der Waals surface area (Å²) < 4.78 is 18.8. The third-order valence-electron chi connectivity index (χ3n) is 4.12. The fourth-order valence-corrected chi connectivity index (χ4v) is 3.15. The van der Waals surface area contributed by atoms with E-state index in [9.17, 15) is 4.39 Å². The van der Waals surface area contributed by atoms with Gasteiger partial charge in [0.2, 0.25) is 0 Å². The topological polar surface area (TPSA) is 21.3 Å². The zero-order chi connectivity index (χ0) is 13.1. The molecule has 0 bridgehead atoms. The van der Waals surface area contributed by atoms with E-state index in [2.05, 4.69) is 19.2 Å². The number of ether oxygens (including phenoxy) is 1. The first kappa shape index (κ1) is 13.3. The molecule has 0 spiro atoms. The van der Waals surface area contributed by atoms with Crippen LogP contribution >= 0.6 is 0 Å². The van der Waals surface area contributed by atoms with Gasteiger partial charge in [0.1, 0.15) is 11.6 Å². The molecule has 2 rings (SSSR count). The molecule has 0 saturated heterocycles. The third kappa shape index (κ3) is 2.51. The highest BCUT2D eigenvalue weighted by Crippen LogP contribution is 2.43. The smallest absolute Gasteiger partial charge is 0.123 e. The van der Waals surface area contributed by atoms with Gasteiger partial charge in [0.25, 0.3) is 0 Å². The van der Waals surface area contributed by atoms with Crippen molar-refractivity contribution in [2.45, 2.75) is 38.6 Å². The number of rotatable bonds is 4. The summed E-state index contributed by atoms with van der Waals surface area (Å²) in [5.74, 6) is 1.54. The third-order valence-corrected chi connectivity index (χ3v) is 4.12. The number of benzene rings is 1. The van der Waals surface area contributed by atoms with Crippen molar-refractivity contribution < 1.29 is 9.13 Å². The molecule has 1 aliphatic carbocycles. The molecular formula is C15H22FNO. The minimum atomic E-state index is -0.176. The Kier molecular flexibility index (Phi) is 4.23. The highest BCUT2D eigenvalue weighted by Gasteiger charge is 2.34. The van der Waals surface area contributed by atoms with Gasteiger partial charge in [0.05, 0.1) is 7.11 Å². The second-order valence-electron chi connectivity index (χ2n) is 5.09. The van der Waals surface area contributed by atoms with Gasteiger partial charge >= 0.3 is 0 Å². The van der Waals surface area contributed by atoms with Crippen LogP contribution in [0.3, 0.4) is 0 Å². The molecule has 3 heteroatoms. The molecule has 1 aromatic rings. The van der Waals surface area contributed by atoms with E-state index in [1.165, 1.54) is 6.07 Å². The van der Waals surface area contributed by atoms with Crippen LogP contribution in [-0.4, -0.2) is 19.7 Å². The van der Waals surface area contributed by atoms with Crippen LogP contribution in [0.15, 0.2) is 18.2 Å². The first-order chi connectivity index (χ1) is 8.67. The van der Waals surface area contributed by atoms with Crippen molar-refractivity contribution in [2.75, 3.05) is 13.7 Å². The zero-order valence-corrected chi connectivity index (χ0v) is 11.4. The molecule has 3 atom stereocenters. The summed E-state index contributed by atoms with van der Waals surface area (Å²) in [4.78, 5) is 0. The molecule has 100 valence electrons. The van der Waals surface area contributed by atoms with Crippen molar-refractivity contribution in [3.8, 4) is 5.75 Å². The lowest BCUT2D eigenvalue weighted by atomic mass is 9.88. The number of nitrogens with one attached hydrogen (secondary N) is 1. The lowest BCUT2D eigenvalue weighted by Gasteiger charge is -2.23. The number of methoxy groups -OCH3 is 1. The molecular weight excluding hydrogens is 229 g/mol. The maximum absolute atomic E-state index is 13.4. The van der Waals surface area contributed by atoms with Gasteiger partial charge in [0, 0.05) is 11.6 Å². The van der Waals surface area contributed by atoms with Crippen LogP contribution in [0.25, 0.3) is 0 Å². The van der Waals surface area contributed by atoms with Gasteiger partial charge in [-0.1, -0.05) is 13.8 Å². The summed E-state index contributed by atoms with van der Waals surface area (Å²) in [6.07, 6.45) is 2.25. The van der Waals surface area contributed by atoms with Crippen LogP contribution < -0.4 is 10.1 Å². The maximum Gasteiger partial charge on any atom is 0.123 e. The molecule has 0 aliphatic heterocycles. The maximum atomic E-state index is 13.4. The molecule has 1 aromatic carbocycles. The van der Waals surface area contributed by atoms with E-state index in [-0.39, 0.29) is 5.82 Å². The predicted molar refractivity (Wildman–Crippen MR) is 71.6 cm³/mol. The van der Waals surface area contributed by atoms with E-state index < -0.39 is 0 Å². The quantitative estimate of drug-likeness (QED) is 0.886. The zero-order valence-electron chi connectivity index (χ0n) is 11.4. The lowest BCUT2D eigenvalue weighted by molar-refractivity contribution is 0.381. The van der Waals surface area contributed by atoms with E-state index in [4.69, 9.17) is 4.74 Å². The highest BCUT2D eigenvalue weighted by atomic mass is 19.1. The van der Waals surface area contributed by atoms with Crippen LogP contribution in [0.5, 0.6) is 5.75 Å². The van der Waals surface area contributed by atoms with Gasteiger partial charge in [-0.15, -0.1) is 0 Å². The fourth-order valence-electron chi connectivity index (χ4n) is 3.15. The van der Waals surface area contributed by atoms with Crippen molar-refractivity contribution in [1.29, 1.82) is 0 Å². The largest absolute Gasteiger partial charge is 0.496 e. The van der Waals surface area contributed by atoms with Crippen LogP contribution in [-0.2, 0) is 0 Å². The summed E-state index contributed by atoms with van der Waals surface area (Å²) in [6, 6.07) is 5.36. The molecule has 0 heterocycles. The van der Waals surface area contributed by atoms with Crippen LogP contribution in [0, 0.1) is 11.7 Å². The second-order valence-corrected chi connectivity index (χ2v) is 5.09. The van der Waals surface area contributed by atoms with E-state index in [0.29, 0.717) is 17.9 Å². The molecule has 3 unspecified atom stereocenters. The summed E-state index contributed by atoms with van der Waals surface area (Å²) in [6.45, 7) is 5.36. The first-order valence-corrected chi connectivity index (χ1v) is 6.74. The Morgan fingerprint density at radius 3 is 2.83 bits per heavy atom. The Morgan fingerprint density at radius 2 is 2.17 bits per heavy atom. The molecule has 0 amide bonds. The molecule has 1 fully saturated rings. The molecule has 0 radical (unpaired) electrons. The van der Waals surface area contributed by atoms with Crippen molar-refractivity contribution >= 4 is 0 Å². The van der Waals surface area contributed by atoms with Gasteiger partial charge < -0.3 is 10.1 Å². The molecule has 1 saturated carbocycles. The Morgan fingerprint density at radius 1 is 1.39 bits per heavy atom. The summed E-state index contributed by atoms with van der Waals surface area (Å²) in [7, 11) is 1.65. The monoisotopic (exact) mass is 251 g/mol. The van der Waals surface area contributed by atoms with E-state index in [1.54, 1.807) is 19.2 Å². The van der Waals surface area contributed by atoms with Gasteiger partial charge in [0.15, 0.2) is 0 Å². The Labute approximate surface area is 109 Å². The van der Waals surface area contributed by atoms with Crippen molar-refractivity contribution in [1.82, 2.24) is 5.32 Å². The standard InChI is InChI=1S/C15H22FNO/c1-4-17-14-7-6-12(10(14)2)13-9-11(16)5-8-15(13)18-3/h5,8-10,12,14,17H,4,6-7H2,1-3H3.